The number of allylic oxidation sites excluding steroid dienone is 2. The Kier molecular flexibility index (Phi) is 2.88. The fourth-order valence-corrected chi connectivity index (χ4v) is 1.89. The van der Waals surface area contributed by atoms with Crippen LogP contribution in [-0.4, -0.2) is 26.9 Å². The van der Waals surface area contributed by atoms with Crippen LogP contribution in [0.5, 0.6) is 0 Å². The standard InChI is InChI=1S/C8H11N2O2Se/c1-8(2)4-3-5(13)6(9-11)7(8)10-12/h12H,3-4H2,1-2H3/b10-7+. The van der Waals surface area contributed by atoms with E-state index in [1.807, 2.05) is 13.8 Å². The van der Waals surface area contributed by atoms with Crippen molar-refractivity contribution in [2.75, 3.05) is 0 Å². The molecule has 0 aliphatic heterocycles. The molecule has 0 saturated heterocycles. The Labute approximate surface area is 84.9 Å². The normalized spacial score (nSPS) is 24.9. The van der Waals surface area contributed by atoms with Crippen molar-refractivity contribution in [1.29, 1.82) is 0 Å². The van der Waals surface area contributed by atoms with Crippen molar-refractivity contribution >= 4 is 21.7 Å². The van der Waals surface area contributed by atoms with Crippen molar-refractivity contribution in [3.05, 3.63) is 15.1 Å². The van der Waals surface area contributed by atoms with E-state index in [1.54, 1.807) is 0 Å². The van der Waals surface area contributed by atoms with Crippen LogP contribution in [0.2, 0.25) is 0 Å². The van der Waals surface area contributed by atoms with Gasteiger partial charge in [-0.05, 0) is 0 Å². The molecule has 0 aromatic heterocycles. The van der Waals surface area contributed by atoms with Gasteiger partial charge in [-0.1, -0.05) is 0 Å². The van der Waals surface area contributed by atoms with Gasteiger partial charge in [-0.25, -0.2) is 0 Å². The summed E-state index contributed by atoms with van der Waals surface area (Å²) < 4.78 is 0.780. The molecular weight excluding hydrogens is 235 g/mol. The van der Waals surface area contributed by atoms with E-state index in [9.17, 15) is 4.91 Å². The molecule has 1 aliphatic carbocycles. The van der Waals surface area contributed by atoms with Crippen LogP contribution in [0.1, 0.15) is 26.7 Å². The molecule has 0 atom stereocenters. The summed E-state index contributed by atoms with van der Waals surface area (Å²) in [5, 5.41) is 14.8. The van der Waals surface area contributed by atoms with E-state index < -0.39 is 0 Å². The van der Waals surface area contributed by atoms with Gasteiger partial charge in [0, 0.05) is 0 Å². The van der Waals surface area contributed by atoms with Crippen molar-refractivity contribution in [1.82, 2.24) is 0 Å². The first kappa shape index (κ1) is 10.4. The third kappa shape index (κ3) is 1.81. The number of hydrogen-bond acceptors (Lipinski definition) is 4. The predicted octanol–water partition coefficient (Wildman–Crippen LogP) is 1.78. The second kappa shape index (κ2) is 3.60. The molecular formula is C8H11N2O2Se. The Morgan fingerprint density at radius 3 is 2.54 bits per heavy atom. The van der Waals surface area contributed by atoms with Crippen LogP contribution >= 0.6 is 0 Å². The van der Waals surface area contributed by atoms with E-state index in [1.165, 1.54) is 0 Å². The summed E-state index contributed by atoms with van der Waals surface area (Å²) in [5.41, 5.74) is 0.368. The molecule has 4 nitrogen and oxygen atoms in total. The maximum absolute atomic E-state index is 10.5. The third-order valence-electron chi connectivity index (χ3n) is 2.30. The summed E-state index contributed by atoms with van der Waals surface area (Å²) in [6, 6.07) is 0. The molecule has 13 heavy (non-hydrogen) atoms. The summed E-state index contributed by atoms with van der Waals surface area (Å²) in [6.07, 6.45) is 1.64. The fourth-order valence-electron chi connectivity index (χ4n) is 1.39. The number of oxime groups is 1. The van der Waals surface area contributed by atoms with Gasteiger partial charge in [-0.2, -0.15) is 0 Å². The van der Waals surface area contributed by atoms with Crippen molar-refractivity contribution in [2.45, 2.75) is 26.7 Å². The Morgan fingerprint density at radius 2 is 2.15 bits per heavy atom. The average Bonchev–Trinajstić information content (AvgIpc) is 2.08. The number of hydrogen-bond donors (Lipinski definition) is 1. The summed E-state index contributed by atoms with van der Waals surface area (Å²) in [5.74, 6) is 0. The van der Waals surface area contributed by atoms with Crippen molar-refractivity contribution in [3.8, 4) is 0 Å². The minimum atomic E-state index is -0.272. The fraction of sp³-hybridized carbons (Fsp3) is 0.625. The zero-order valence-electron chi connectivity index (χ0n) is 7.57. The predicted molar refractivity (Wildman–Crippen MR) is 50.8 cm³/mol. The van der Waals surface area contributed by atoms with Gasteiger partial charge >= 0.3 is 84.4 Å². The second-order valence-electron chi connectivity index (χ2n) is 3.70. The van der Waals surface area contributed by atoms with Gasteiger partial charge < -0.3 is 0 Å². The Hall–Kier alpha value is -0.671. The summed E-state index contributed by atoms with van der Waals surface area (Å²) in [4.78, 5) is 10.5. The molecule has 71 valence electrons. The monoisotopic (exact) mass is 247 g/mol. The van der Waals surface area contributed by atoms with Gasteiger partial charge in [-0.15, -0.1) is 0 Å². The molecule has 5 heteroatoms. The van der Waals surface area contributed by atoms with E-state index in [4.69, 9.17) is 5.21 Å². The minimum absolute atomic E-state index is 0.263. The van der Waals surface area contributed by atoms with Crippen molar-refractivity contribution in [2.24, 2.45) is 15.7 Å². The topological polar surface area (TPSA) is 62.0 Å². The van der Waals surface area contributed by atoms with Crippen molar-refractivity contribution < 1.29 is 5.21 Å². The van der Waals surface area contributed by atoms with E-state index >= 15 is 0 Å². The number of nitroso groups, excluding NO2 is 1. The van der Waals surface area contributed by atoms with E-state index in [-0.39, 0.29) is 11.1 Å². The quantitative estimate of drug-likeness (QED) is 0.332. The zero-order valence-corrected chi connectivity index (χ0v) is 9.29. The molecule has 0 aromatic rings. The summed E-state index contributed by atoms with van der Waals surface area (Å²) in [6.45, 7) is 3.86. The number of nitrogens with zero attached hydrogens (tertiary/aromatic N) is 2. The Morgan fingerprint density at radius 1 is 1.54 bits per heavy atom. The maximum atomic E-state index is 10.5. The SMILES string of the molecule is CC1(C)CCC([Se])=C(N=O)/C1=N\O. The first-order valence-electron chi connectivity index (χ1n) is 3.99. The summed E-state index contributed by atoms with van der Waals surface area (Å²) >= 11 is 2.78. The van der Waals surface area contributed by atoms with Crippen LogP contribution in [0.15, 0.2) is 20.5 Å². The van der Waals surface area contributed by atoms with Gasteiger partial charge in [0.15, 0.2) is 0 Å². The van der Waals surface area contributed by atoms with Crippen LogP contribution in [0, 0.1) is 10.3 Å². The van der Waals surface area contributed by atoms with Crippen LogP contribution < -0.4 is 0 Å². The number of rotatable bonds is 1. The van der Waals surface area contributed by atoms with Gasteiger partial charge in [0.1, 0.15) is 0 Å². The van der Waals surface area contributed by atoms with Crippen LogP contribution in [0.3, 0.4) is 0 Å². The Balaban J connectivity index is 3.21. The molecule has 0 spiro atoms. The summed E-state index contributed by atoms with van der Waals surface area (Å²) in [7, 11) is 0. The molecule has 0 aromatic carbocycles. The van der Waals surface area contributed by atoms with Gasteiger partial charge in [0.25, 0.3) is 0 Å². The molecule has 0 fully saturated rings. The van der Waals surface area contributed by atoms with Crippen LogP contribution in [0.4, 0.5) is 0 Å². The molecule has 0 unspecified atom stereocenters. The molecule has 0 saturated carbocycles. The van der Waals surface area contributed by atoms with E-state index in [0.717, 1.165) is 17.3 Å². The van der Waals surface area contributed by atoms with E-state index in [0.29, 0.717) is 5.71 Å². The van der Waals surface area contributed by atoms with Gasteiger partial charge in [-0.3, -0.25) is 0 Å². The molecule has 0 amide bonds. The molecule has 1 aliphatic rings. The van der Waals surface area contributed by atoms with Gasteiger partial charge in [0.2, 0.25) is 0 Å². The first-order chi connectivity index (χ1) is 6.03. The average molecular weight is 246 g/mol. The molecule has 1 radical (unpaired) electrons. The molecule has 1 N–H and O–H groups in total. The molecule has 0 heterocycles. The third-order valence-corrected chi connectivity index (χ3v) is 3.13. The van der Waals surface area contributed by atoms with Crippen molar-refractivity contribution in [3.63, 3.8) is 0 Å². The zero-order chi connectivity index (χ0) is 10.1. The van der Waals surface area contributed by atoms with E-state index in [2.05, 4.69) is 26.3 Å². The van der Waals surface area contributed by atoms with Crippen LogP contribution in [-0.2, 0) is 0 Å². The van der Waals surface area contributed by atoms with Gasteiger partial charge in [0.05, 0.1) is 0 Å². The first-order valence-corrected chi connectivity index (χ1v) is 4.85. The second-order valence-corrected chi connectivity index (χ2v) is 4.73. The molecule has 0 bridgehead atoms. The molecule has 1 rings (SSSR count). The Bertz CT molecular complexity index is 295. The van der Waals surface area contributed by atoms with Crippen LogP contribution in [0.25, 0.3) is 0 Å².